The van der Waals surface area contributed by atoms with E-state index in [9.17, 15) is 0 Å². The first-order valence-electron chi connectivity index (χ1n) is 10.1. The van der Waals surface area contributed by atoms with Crippen LogP contribution in [0.4, 0.5) is 11.7 Å². The monoisotopic (exact) mass is 393 g/mol. The van der Waals surface area contributed by atoms with Gasteiger partial charge in [0.25, 0.3) is 0 Å². The molecule has 0 unspecified atom stereocenters. The number of hydrogen-bond donors (Lipinski definition) is 1. The summed E-state index contributed by atoms with van der Waals surface area (Å²) in [6, 6.07) is 18.7. The smallest absolute Gasteiger partial charge is 0.321 e. The number of hydrogen-bond acceptors (Lipinski definition) is 7. The van der Waals surface area contributed by atoms with Gasteiger partial charge in [-0.05, 0) is 49.4 Å². The molecule has 7 heteroatoms. The Bertz CT molecular complexity index is 874. The summed E-state index contributed by atoms with van der Waals surface area (Å²) in [4.78, 5) is 9.38. The van der Waals surface area contributed by atoms with Crippen molar-refractivity contribution in [2.45, 2.75) is 6.42 Å². The van der Waals surface area contributed by atoms with Crippen LogP contribution in [0.5, 0.6) is 5.75 Å². The van der Waals surface area contributed by atoms with Crippen LogP contribution in [-0.2, 0) is 0 Å². The molecule has 1 N–H and O–H groups in total. The molecule has 1 aliphatic heterocycles. The zero-order valence-corrected chi connectivity index (χ0v) is 16.8. The Labute approximate surface area is 171 Å². The molecular weight excluding hydrogens is 366 g/mol. The predicted molar refractivity (Wildman–Crippen MR) is 114 cm³/mol. The number of methoxy groups -OCH3 is 1. The highest BCUT2D eigenvalue weighted by molar-refractivity contribution is 5.56. The second kappa shape index (κ2) is 9.43. The number of para-hydroxylation sites is 1. The van der Waals surface area contributed by atoms with Crippen LogP contribution in [0.3, 0.4) is 0 Å². The summed E-state index contributed by atoms with van der Waals surface area (Å²) in [5, 5.41) is 7.27. The van der Waals surface area contributed by atoms with E-state index in [-0.39, 0.29) is 0 Å². The Morgan fingerprint density at radius 2 is 1.76 bits per heavy atom. The van der Waals surface area contributed by atoms with E-state index in [1.165, 1.54) is 5.69 Å². The molecule has 0 atom stereocenters. The lowest BCUT2D eigenvalue weighted by atomic mass is 10.2. The molecule has 0 aliphatic carbocycles. The van der Waals surface area contributed by atoms with Gasteiger partial charge >= 0.3 is 6.01 Å². The molecule has 3 aromatic rings. The molecule has 1 saturated heterocycles. The van der Waals surface area contributed by atoms with Gasteiger partial charge in [0.15, 0.2) is 0 Å². The second-order valence-electron chi connectivity index (χ2n) is 7.10. The van der Waals surface area contributed by atoms with Crippen molar-refractivity contribution in [2.24, 2.45) is 0 Å². The highest BCUT2D eigenvalue weighted by Gasteiger charge is 2.16. The maximum atomic E-state index is 5.31. The third kappa shape index (κ3) is 5.06. The molecule has 0 radical (unpaired) electrons. The maximum Gasteiger partial charge on any atom is 0.321 e. The van der Waals surface area contributed by atoms with Gasteiger partial charge in [-0.2, -0.15) is 4.98 Å². The molecule has 2 heterocycles. The standard InChI is InChI=1S/C22H27N5O2/c1-28-20-10-8-18(9-11-20)21-24-22(29-25-21)23-12-5-13-26-14-16-27(17-15-26)19-6-3-2-4-7-19/h2-4,6-11H,5,12-17H2,1H3,(H,23,24,25). The maximum absolute atomic E-state index is 5.31. The largest absolute Gasteiger partial charge is 0.497 e. The summed E-state index contributed by atoms with van der Waals surface area (Å²) in [6.45, 7) is 6.21. The first-order chi connectivity index (χ1) is 14.3. The lowest BCUT2D eigenvalue weighted by Gasteiger charge is -2.36. The molecule has 0 saturated carbocycles. The number of nitrogens with zero attached hydrogens (tertiary/aromatic N) is 4. The summed E-state index contributed by atoms with van der Waals surface area (Å²) < 4.78 is 10.5. The van der Waals surface area contributed by atoms with Crippen LogP contribution in [0.2, 0.25) is 0 Å². The minimum absolute atomic E-state index is 0.463. The quantitative estimate of drug-likeness (QED) is 0.589. The number of ether oxygens (including phenoxy) is 1. The van der Waals surface area contributed by atoms with Crippen LogP contribution < -0.4 is 15.0 Å². The fourth-order valence-electron chi connectivity index (χ4n) is 3.52. The number of anilines is 2. The Morgan fingerprint density at radius 3 is 2.48 bits per heavy atom. The van der Waals surface area contributed by atoms with Gasteiger partial charge in [0.05, 0.1) is 7.11 Å². The Balaban J connectivity index is 1.17. The number of rotatable bonds is 8. The third-order valence-corrected chi connectivity index (χ3v) is 5.20. The molecule has 7 nitrogen and oxygen atoms in total. The highest BCUT2D eigenvalue weighted by Crippen LogP contribution is 2.21. The molecule has 1 fully saturated rings. The summed E-state index contributed by atoms with van der Waals surface area (Å²) in [7, 11) is 1.65. The van der Waals surface area contributed by atoms with Crippen LogP contribution in [0, 0.1) is 0 Å². The van der Waals surface area contributed by atoms with Gasteiger partial charge in [0, 0.05) is 44.0 Å². The van der Waals surface area contributed by atoms with E-state index in [1.54, 1.807) is 7.11 Å². The van der Waals surface area contributed by atoms with E-state index >= 15 is 0 Å². The number of aromatic nitrogens is 2. The average molecular weight is 393 g/mol. The summed E-state index contributed by atoms with van der Waals surface area (Å²) in [6.07, 6.45) is 1.03. The normalized spacial score (nSPS) is 14.7. The van der Waals surface area contributed by atoms with E-state index in [1.807, 2.05) is 24.3 Å². The summed E-state index contributed by atoms with van der Waals surface area (Å²) >= 11 is 0. The van der Waals surface area contributed by atoms with Crippen molar-refractivity contribution in [1.29, 1.82) is 0 Å². The van der Waals surface area contributed by atoms with Gasteiger partial charge in [0.1, 0.15) is 5.75 Å². The molecule has 1 aromatic heterocycles. The van der Waals surface area contributed by atoms with Crippen LogP contribution in [-0.4, -0.2) is 61.4 Å². The van der Waals surface area contributed by atoms with E-state index in [0.29, 0.717) is 11.8 Å². The van der Waals surface area contributed by atoms with E-state index in [4.69, 9.17) is 9.26 Å². The molecule has 0 bridgehead atoms. The van der Waals surface area contributed by atoms with Crippen molar-refractivity contribution >= 4 is 11.7 Å². The number of nitrogens with one attached hydrogen (secondary N) is 1. The van der Waals surface area contributed by atoms with Gasteiger partial charge in [0.2, 0.25) is 5.82 Å². The average Bonchev–Trinajstić information content (AvgIpc) is 3.27. The van der Waals surface area contributed by atoms with Crippen LogP contribution >= 0.6 is 0 Å². The van der Waals surface area contributed by atoms with Crippen LogP contribution in [0.25, 0.3) is 11.4 Å². The van der Waals surface area contributed by atoms with Gasteiger partial charge in [-0.25, -0.2) is 0 Å². The van der Waals surface area contributed by atoms with Gasteiger partial charge in [-0.15, -0.1) is 0 Å². The molecule has 0 amide bonds. The first-order valence-corrected chi connectivity index (χ1v) is 10.1. The molecule has 152 valence electrons. The Morgan fingerprint density at radius 1 is 1.00 bits per heavy atom. The van der Waals surface area contributed by atoms with Crippen LogP contribution in [0.1, 0.15) is 6.42 Å². The van der Waals surface area contributed by atoms with Crippen molar-refractivity contribution in [2.75, 3.05) is 56.6 Å². The third-order valence-electron chi connectivity index (χ3n) is 5.20. The SMILES string of the molecule is COc1ccc(-c2noc(NCCCN3CCN(c4ccccc4)CC3)n2)cc1. The molecule has 29 heavy (non-hydrogen) atoms. The minimum Gasteiger partial charge on any atom is -0.497 e. The van der Waals surface area contributed by atoms with Crippen molar-refractivity contribution in [3.8, 4) is 17.1 Å². The zero-order valence-electron chi connectivity index (χ0n) is 16.8. The summed E-state index contributed by atoms with van der Waals surface area (Å²) in [5.74, 6) is 1.38. The topological polar surface area (TPSA) is 66.7 Å². The summed E-state index contributed by atoms with van der Waals surface area (Å²) in [5.41, 5.74) is 2.22. The van der Waals surface area contributed by atoms with Crippen molar-refractivity contribution in [3.05, 3.63) is 54.6 Å². The Kier molecular flexibility index (Phi) is 6.26. The van der Waals surface area contributed by atoms with Gasteiger partial charge in [-0.1, -0.05) is 23.4 Å². The molecular formula is C22H27N5O2. The van der Waals surface area contributed by atoms with Crippen molar-refractivity contribution < 1.29 is 9.26 Å². The minimum atomic E-state index is 0.463. The van der Waals surface area contributed by atoms with E-state index < -0.39 is 0 Å². The zero-order chi connectivity index (χ0) is 19.9. The Hall–Kier alpha value is -3.06. The fraction of sp³-hybridized carbons (Fsp3) is 0.364. The number of benzene rings is 2. The van der Waals surface area contributed by atoms with Crippen LogP contribution in [0.15, 0.2) is 59.1 Å². The van der Waals surface area contributed by atoms with E-state index in [2.05, 4.69) is 55.6 Å². The molecule has 2 aromatic carbocycles. The first kappa shape index (κ1) is 19.3. The van der Waals surface area contributed by atoms with E-state index in [0.717, 1.165) is 57.0 Å². The second-order valence-corrected chi connectivity index (χ2v) is 7.10. The van der Waals surface area contributed by atoms with Crippen molar-refractivity contribution in [1.82, 2.24) is 15.0 Å². The molecule has 1 aliphatic rings. The number of piperazine rings is 1. The molecule has 0 spiro atoms. The lowest BCUT2D eigenvalue weighted by molar-refractivity contribution is 0.257. The predicted octanol–water partition coefficient (Wildman–Crippen LogP) is 3.37. The lowest BCUT2D eigenvalue weighted by Crippen LogP contribution is -2.46. The highest BCUT2D eigenvalue weighted by atomic mass is 16.5. The molecule has 4 rings (SSSR count). The van der Waals surface area contributed by atoms with Gasteiger partial charge in [-0.3, -0.25) is 4.90 Å². The van der Waals surface area contributed by atoms with Gasteiger partial charge < -0.3 is 19.5 Å². The van der Waals surface area contributed by atoms with Crippen molar-refractivity contribution in [3.63, 3.8) is 0 Å². The fourth-order valence-corrected chi connectivity index (χ4v) is 3.52.